The van der Waals surface area contributed by atoms with Gasteiger partial charge in [0, 0.05) is 6.54 Å². The zero-order chi connectivity index (χ0) is 15.4. The van der Waals surface area contributed by atoms with Crippen molar-refractivity contribution in [2.75, 3.05) is 6.54 Å². The van der Waals surface area contributed by atoms with Crippen molar-refractivity contribution in [2.45, 2.75) is 64.5 Å². The lowest BCUT2D eigenvalue weighted by atomic mass is 9.85. The molecule has 0 radical (unpaired) electrons. The fraction of sp³-hybridized carbons (Fsp3) is 0.929. The van der Waals surface area contributed by atoms with Crippen molar-refractivity contribution < 1.29 is 18.3 Å². The van der Waals surface area contributed by atoms with Gasteiger partial charge in [-0.3, -0.25) is 4.79 Å². The second kappa shape index (κ2) is 6.89. The zero-order valence-corrected chi connectivity index (χ0v) is 13.5. The third-order valence-corrected chi connectivity index (χ3v) is 5.65. The number of rotatable bonds is 6. The summed E-state index contributed by atoms with van der Waals surface area (Å²) >= 11 is 0. The summed E-state index contributed by atoms with van der Waals surface area (Å²) in [6, 6.07) is 0. The highest BCUT2D eigenvalue weighted by Crippen LogP contribution is 2.26. The Bertz CT molecular complexity index is 419. The molecule has 20 heavy (non-hydrogen) atoms. The Morgan fingerprint density at radius 3 is 2.25 bits per heavy atom. The topological polar surface area (TPSA) is 83.5 Å². The van der Waals surface area contributed by atoms with E-state index in [1.54, 1.807) is 0 Å². The molecule has 1 unspecified atom stereocenters. The average Bonchev–Trinajstić information content (AvgIpc) is 2.34. The summed E-state index contributed by atoms with van der Waals surface area (Å²) in [5.74, 6) is -1.61. The Labute approximate surface area is 122 Å². The van der Waals surface area contributed by atoms with Crippen LogP contribution in [0.15, 0.2) is 0 Å². The van der Waals surface area contributed by atoms with Gasteiger partial charge in [-0.25, -0.2) is 13.1 Å². The van der Waals surface area contributed by atoms with E-state index in [1.165, 1.54) is 0 Å². The second-order valence-corrected chi connectivity index (χ2v) is 9.00. The van der Waals surface area contributed by atoms with E-state index in [-0.39, 0.29) is 17.2 Å². The fourth-order valence-electron chi connectivity index (χ4n) is 2.70. The van der Waals surface area contributed by atoms with Crippen LogP contribution in [0.1, 0.15) is 59.3 Å². The number of nitrogens with one attached hydrogen (secondary N) is 1. The summed E-state index contributed by atoms with van der Waals surface area (Å²) in [6.45, 7) is 5.86. The van der Waals surface area contributed by atoms with Gasteiger partial charge in [0.1, 0.15) is 0 Å². The van der Waals surface area contributed by atoms with Crippen molar-refractivity contribution in [1.29, 1.82) is 0 Å². The molecular formula is C14H27NO4S. The molecule has 0 aromatic rings. The number of carbonyl (C=O) groups is 1. The first-order chi connectivity index (χ1) is 9.12. The van der Waals surface area contributed by atoms with E-state index in [0.29, 0.717) is 19.3 Å². The van der Waals surface area contributed by atoms with Crippen LogP contribution in [-0.4, -0.2) is 31.3 Å². The van der Waals surface area contributed by atoms with Gasteiger partial charge in [-0.05, 0) is 24.7 Å². The van der Waals surface area contributed by atoms with Crippen molar-refractivity contribution in [3.8, 4) is 0 Å². The van der Waals surface area contributed by atoms with Gasteiger partial charge in [0.15, 0.2) is 0 Å². The smallest absolute Gasteiger partial charge is 0.307 e. The lowest BCUT2D eigenvalue weighted by molar-refractivity contribution is -0.142. The number of hydrogen-bond donors (Lipinski definition) is 2. The van der Waals surface area contributed by atoms with E-state index in [2.05, 4.69) is 4.72 Å². The first-order valence-electron chi connectivity index (χ1n) is 7.33. The maximum Gasteiger partial charge on any atom is 0.307 e. The molecule has 2 N–H and O–H groups in total. The number of sulfonamides is 1. The molecule has 1 atom stereocenters. The second-order valence-electron chi connectivity index (χ2n) is 6.95. The van der Waals surface area contributed by atoms with Crippen LogP contribution >= 0.6 is 0 Å². The van der Waals surface area contributed by atoms with Crippen LogP contribution in [0.4, 0.5) is 0 Å². The lowest BCUT2D eigenvalue weighted by Gasteiger charge is -2.25. The number of carboxylic acids is 1. The first kappa shape index (κ1) is 17.4. The van der Waals surface area contributed by atoms with Gasteiger partial charge < -0.3 is 5.11 Å². The van der Waals surface area contributed by atoms with E-state index < -0.39 is 21.9 Å². The molecule has 5 nitrogen and oxygen atoms in total. The first-order valence-corrected chi connectivity index (χ1v) is 8.88. The molecule has 0 aliphatic heterocycles. The fourth-order valence-corrected chi connectivity index (χ4v) is 4.32. The SMILES string of the molecule is CC(C)(C)CC(CNS(=O)(=O)C1CCCCC1)C(=O)O. The molecule has 1 fully saturated rings. The number of hydrogen-bond acceptors (Lipinski definition) is 3. The predicted molar refractivity (Wildman–Crippen MR) is 79.0 cm³/mol. The highest BCUT2D eigenvalue weighted by molar-refractivity contribution is 7.90. The monoisotopic (exact) mass is 305 g/mol. The molecule has 0 heterocycles. The molecule has 0 saturated heterocycles. The van der Waals surface area contributed by atoms with Crippen LogP contribution in [0.3, 0.4) is 0 Å². The van der Waals surface area contributed by atoms with Gasteiger partial charge in [0.25, 0.3) is 0 Å². The zero-order valence-electron chi connectivity index (χ0n) is 12.7. The minimum atomic E-state index is -3.38. The summed E-state index contributed by atoms with van der Waals surface area (Å²) in [4.78, 5) is 11.2. The van der Waals surface area contributed by atoms with Crippen molar-refractivity contribution in [3.05, 3.63) is 0 Å². The molecule has 0 amide bonds. The third kappa shape index (κ3) is 5.79. The summed E-state index contributed by atoms with van der Waals surface area (Å²) < 4.78 is 26.9. The van der Waals surface area contributed by atoms with Crippen LogP contribution in [0, 0.1) is 11.3 Å². The van der Waals surface area contributed by atoms with Crippen molar-refractivity contribution >= 4 is 16.0 Å². The van der Waals surface area contributed by atoms with Crippen molar-refractivity contribution in [3.63, 3.8) is 0 Å². The van der Waals surface area contributed by atoms with Crippen LogP contribution in [0.2, 0.25) is 0 Å². The Kier molecular flexibility index (Phi) is 6.01. The average molecular weight is 305 g/mol. The molecule has 1 rings (SSSR count). The quantitative estimate of drug-likeness (QED) is 0.789. The maximum absolute atomic E-state index is 12.2. The van der Waals surface area contributed by atoms with E-state index >= 15 is 0 Å². The van der Waals surface area contributed by atoms with Gasteiger partial charge in [0.2, 0.25) is 10.0 Å². The summed E-state index contributed by atoms with van der Waals surface area (Å²) in [7, 11) is -3.38. The Morgan fingerprint density at radius 1 is 1.25 bits per heavy atom. The van der Waals surface area contributed by atoms with Crippen LogP contribution < -0.4 is 4.72 Å². The molecular weight excluding hydrogens is 278 g/mol. The maximum atomic E-state index is 12.2. The molecule has 0 spiro atoms. The van der Waals surface area contributed by atoms with Crippen molar-refractivity contribution in [1.82, 2.24) is 4.72 Å². The molecule has 1 aliphatic rings. The molecule has 0 aromatic heterocycles. The molecule has 1 aliphatic carbocycles. The summed E-state index contributed by atoms with van der Waals surface area (Å²) in [5.41, 5.74) is -0.140. The van der Waals surface area contributed by atoms with E-state index in [9.17, 15) is 18.3 Å². The number of carboxylic acid groups (broad SMARTS) is 1. The highest BCUT2D eigenvalue weighted by atomic mass is 32.2. The molecule has 0 bridgehead atoms. The predicted octanol–water partition coefficient (Wildman–Crippen LogP) is 2.38. The Hall–Kier alpha value is -0.620. The summed E-state index contributed by atoms with van der Waals surface area (Å²) in [5, 5.41) is 8.86. The van der Waals surface area contributed by atoms with E-state index in [0.717, 1.165) is 19.3 Å². The van der Waals surface area contributed by atoms with E-state index in [4.69, 9.17) is 0 Å². The van der Waals surface area contributed by atoms with Gasteiger partial charge in [-0.15, -0.1) is 0 Å². The van der Waals surface area contributed by atoms with Crippen LogP contribution in [0.5, 0.6) is 0 Å². The minimum Gasteiger partial charge on any atom is -0.481 e. The molecule has 0 aromatic carbocycles. The summed E-state index contributed by atoms with van der Waals surface area (Å²) in [6.07, 6.45) is 4.80. The largest absolute Gasteiger partial charge is 0.481 e. The van der Waals surface area contributed by atoms with E-state index in [1.807, 2.05) is 20.8 Å². The van der Waals surface area contributed by atoms with Gasteiger partial charge in [-0.2, -0.15) is 0 Å². The van der Waals surface area contributed by atoms with Gasteiger partial charge in [0.05, 0.1) is 11.2 Å². The molecule has 1 saturated carbocycles. The van der Waals surface area contributed by atoms with Crippen molar-refractivity contribution in [2.24, 2.45) is 11.3 Å². The standard InChI is InChI=1S/C14H27NO4S/c1-14(2,3)9-11(13(16)17)10-15-20(18,19)12-7-5-4-6-8-12/h11-12,15H,4-10H2,1-3H3,(H,16,17). The molecule has 6 heteroatoms. The number of aliphatic carboxylic acids is 1. The minimum absolute atomic E-state index is 0.00850. The van der Waals surface area contributed by atoms with Crippen LogP contribution in [0.25, 0.3) is 0 Å². The van der Waals surface area contributed by atoms with Gasteiger partial charge >= 0.3 is 5.97 Å². The Balaban J connectivity index is 2.59. The Morgan fingerprint density at radius 2 is 1.80 bits per heavy atom. The third-order valence-electron chi connectivity index (χ3n) is 3.73. The van der Waals surface area contributed by atoms with Crippen LogP contribution in [-0.2, 0) is 14.8 Å². The molecule has 118 valence electrons. The lowest BCUT2D eigenvalue weighted by Crippen LogP contribution is -2.40. The highest BCUT2D eigenvalue weighted by Gasteiger charge is 2.30. The normalized spacial score (nSPS) is 19.8. The van der Waals surface area contributed by atoms with Gasteiger partial charge in [-0.1, -0.05) is 40.0 Å².